The molecule has 31 heavy (non-hydrogen) atoms. The molecule has 2 aromatic carbocycles. The quantitative estimate of drug-likeness (QED) is 0.601. The molecule has 3 aromatic rings. The molecule has 4 rings (SSSR count). The topological polar surface area (TPSA) is 81.0 Å². The predicted octanol–water partition coefficient (Wildman–Crippen LogP) is 3.09. The number of carbonyl (C=O) groups excluding carboxylic acids is 1. The van der Waals surface area contributed by atoms with E-state index < -0.39 is 15.9 Å². The molecule has 0 spiro atoms. The summed E-state index contributed by atoms with van der Waals surface area (Å²) in [6, 6.07) is 12.2. The molecule has 164 valence electrons. The van der Waals surface area contributed by atoms with E-state index in [1.54, 1.807) is 37.4 Å². The van der Waals surface area contributed by atoms with E-state index in [0.29, 0.717) is 24.2 Å². The van der Waals surface area contributed by atoms with Crippen LogP contribution < -0.4 is 9.54 Å². The Morgan fingerprint density at radius 1 is 1.19 bits per heavy atom. The van der Waals surface area contributed by atoms with E-state index in [2.05, 4.69) is 4.99 Å². The van der Waals surface area contributed by atoms with E-state index in [1.165, 1.54) is 15.6 Å². The highest BCUT2D eigenvalue weighted by Gasteiger charge is 2.33. The summed E-state index contributed by atoms with van der Waals surface area (Å²) in [5.41, 5.74) is 1.99. The van der Waals surface area contributed by atoms with Crippen molar-refractivity contribution in [3.63, 3.8) is 0 Å². The number of hydrogen-bond donors (Lipinski definition) is 0. The summed E-state index contributed by atoms with van der Waals surface area (Å²) in [4.78, 5) is 18.2. The number of fused-ring (bicyclic) bond motifs is 1. The molecule has 0 saturated carbocycles. The predicted molar refractivity (Wildman–Crippen MR) is 121 cm³/mol. The van der Waals surface area contributed by atoms with Gasteiger partial charge in [-0.05, 0) is 43.5 Å². The van der Waals surface area contributed by atoms with Gasteiger partial charge in [0.25, 0.3) is 5.91 Å². The Labute approximate surface area is 185 Å². The van der Waals surface area contributed by atoms with Gasteiger partial charge in [-0.3, -0.25) is 4.79 Å². The van der Waals surface area contributed by atoms with Crippen molar-refractivity contribution in [3.05, 3.63) is 52.8 Å². The number of nitrogens with zero attached hydrogens (tertiary/aromatic N) is 3. The van der Waals surface area contributed by atoms with Gasteiger partial charge >= 0.3 is 0 Å². The number of aryl methyl sites for hydroxylation is 2. The van der Waals surface area contributed by atoms with E-state index in [0.717, 1.165) is 21.5 Å². The van der Waals surface area contributed by atoms with Gasteiger partial charge < -0.3 is 9.30 Å². The average molecular weight is 460 g/mol. The molecule has 0 N–H and O–H groups in total. The van der Waals surface area contributed by atoms with Crippen LogP contribution >= 0.6 is 11.3 Å². The number of benzene rings is 2. The number of methoxy groups -OCH3 is 1. The lowest BCUT2D eigenvalue weighted by Crippen LogP contribution is -2.42. The molecule has 1 aromatic heterocycles. The molecule has 0 bridgehead atoms. The second-order valence-corrected chi connectivity index (χ2v) is 10.6. The molecule has 1 amide bonds. The first kappa shape index (κ1) is 21.7. The Morgan fingerprint density at radius 2 is 1.94 bits per heavy atom. The third kappa shape index (κ3) is 4.05. The number of hydrogen-bond acceptors (Lipinski definition) is 5. The Balaban J connectivity index is 1.64. The van der Waals surface area contributed by atoms with Crippen molar-refractivity contribution >= 4 is 37.5 Å². The van der Waals surface area contributed by atoms with Crippen LogP contribution in [0.1, 0.15) is 18.4 Å². The normalized spacial score (nSPS) is 18.4. The monoisotopic (exact) mass is 459 g/mol. The van der Waals surface area contributed by atoms with Gasteiger partial charge in [-0.1, -0.05) is 35.6 Å². The zero-order chi connectivity index (χ0) is 22.2. The van der Waals surface area contributed by atoms with Crippen LogP contribution in [-0.4, -0.2) is 43.4 Å². The highest BCUT2D eigenvalue weighted by Crippen LogP contribution is 2.30. The first-order valence-corrected chi connectivity index (χ1v) is 12.4. The number of amides is 1. The van der Waals surface area contributed by atoms with Gasteiger partial charge in [0, 0.05) is 20.1 Å². The van der Waals surface area contributed by atoms with Gasteiger partial charge in [-0.2, -0.15) is 9.30 Å². The third-order valence-corrected chi connectivity index (χ3v) is 8.79. The van der Waals surface area contributed by atoms with Gasteiger partial charge in [-0.15, -0.1) is 0 Å². The smallest absolute Gasteiger partial charge is 0.252 e. The fraction of sp³-hybridized carbons (Fsp3) is 0.364. The fourth-order valence-electron chi connectivity index (χ4n) is 3.91. The first-order chi connectivity index (χ1) is 14.8. The van der Waals surface area contributed by atoms with Crippen LogP contribution in [0.3, 0.4) is 0 Å². The minimum absolute atomic E-state index is 0.149. The third-order valence-electron chi connectivity index (χ3n) is 5.65. The lowest BCUT2D eigenvalue weighted by atomic mass is 9.99. The maximum absolute atomic E-state index is 13.0. The number of sulfonamides is 1. The van der Waals surface area contributed by atoms with E-state index in [1.807, 2.05) is 30.7 Å². The van der Waals surface area contributed by atoms with Crippen LogP contribution in [0.4, 0.5) is 0 Å². The van der Waals surface area contributed by atoms with Crippen LogP contribution in [0.5, 0.6) is 5.75 Å². The number of aromatic nitrogens is 1. The van der Waals surface area contributed by atoms with Crippen molar-refractivity contribution in [2.45, 2.75) is 24.7 Å². The van der Waals surface area contributed by atoms with Crippen LogP contribution in [0.2, 0.25) is 0 Å². The van der Waals surface area contributed by atoms with Crippen molar-refractivity contribution < 1.29 is 17.9 Å². The minimum Gasteiger partial charge on any atom is -0.495 e. The van der Waals surface area contributed by atoms with Gasteiger partial charge in [0.15, 0.2) is 4.80 Å². The summed E-state index contributed by atoms with van der Waals surface area (Å²) in [7, 11) is -0.145. The molecule has 1 saturated heterocycles. The summed E-state index contributed by atoms with van der Waals surface area (Å²) >= 11 is 1.44. The number of piperidine rings is 1. The molecular weight excluding hydrogens is 434 g/mol. The highest BCUT2D eigenvalue weighted by molar-refractivity contribution is 7.89. The van der Waals surface area contributed by atoms with Crippen molar-refractivity contribution in [3.8, 4) is 5.75 Å². The molecule has 2 heterocycles. The number of rotatable bonds is 4. The molecule has 1 aliphatic heterocycles. The molecule has 1 unspecified atom stereocenters. The van der Waals surface area contributed by atoms with Crippen LogP contribution in [-0.2, 0) is 21.9 Å². The lowest BCUT2D eigenvalue weighted by molar-refractivity contribution is -0.122. The second kappa shape index (κ2) is 8.57. The highest BCUT2D eigenvalue weighted by atomic mass is 32.2. The van der Waals surface area contributed by atoms with Crippen LogP contribution in [0, 0.1) is 12.8 Å². The van der Waals surface area contributed by atoms with Gasteiger partial charge in [-0.25, -0.2) is 8.42 Å². The molecule has 9 heteroatoms. The van der Waals surface area contributed by atoms with E-state index in [9.17, 15) is 13.2 Å². The van der Waals surface area contributed by atoms with Crippen LogP contribution in [0.15, 0.2) is 52.4 Å². The van der Waals surface area contributed by atoms with Crippen molar-refractivity contribution in [2.75, 3.05) is 20.2 Å². The zero-order valence-corrected chi connectivity index (χ0v) is 19.4. The lowest BCUT2D eigenvalue weighted by Gasteiger charge is -2.30. The maximum atomic E-state index is 13.0. The Kier molecular flexibility index (Phi) is 6.00. The largest absolute Gasteiger partial charge is 0.495 e. The molecule has 1 atom stereocenters. The molecule has 0 radical (unpaired) electrons. The Morgan fingerprint density at radius 3 is 2.65 bits per heavy atom. The molecular formula is C22H25N3O4S2. The zero-order valence-electron chi connectivity index (χ0n) is 17.7. The van der Waals surface area contributed by atoms with Crippen molar-refractivity contribution in [1.82, 2.24) is 8.87 Å². The van der Waals surface area contributed by atoms with E-state index in [4.69, 9.17) is 4.74 Å². The Bertz CT molecular complexity index is 1290. The van der Waals surface area contributed by atoms with Crippen molar-refractivity contribution in [2.24, 2.45) is 18.0 Å². The van der Waals surface area contributed by atoms with Gasteiger partial charge in [0.1, 0.15) is 11.3 Å². The minimum atomic E-state index is -3.62. The fourth-order valence-corrected chi connectivity index (χ4v) is 6.56. The van der Waals surface area contributed by atoms with Crippen LogP contribution in [0.25, 0.3) is 10.2 Å². The second-order valence-electron chi connectivity index (χ2n) is 7.67. The van der Waals surface area contributed by atoms with E-state index in [-0.39, 0.29) is 17.3 Å². The average Bonchev–Trinajstić information content (AvgIpc) is 3.12. The Hall–Kier alpha value is -2.49. The first-order valence-electron chi connectivity index (χ1n) is 10.1. The number of carbonyl (C=O) groups is 1. The number of thiazole rings is 1. The number of ether oxygens (including phenoxy) is 1. The summed E-state index contributed by atoms with van der Waals surface area (Å²) in [5.74, 6) is -0.0155. The molecule has 0 aliphatic carbocycles. The van der Waals surface area contributed by atoms with Gasteiger partial charge in [0.2, 0.25) is 10.0 Å². The summed E-state index contributed by atoms with van der Waals surface area (Å²) in [6.07, 6.45) is 1.25. The van der Waals surface area contributed by atoms with Gasteiger partial charge in [0.05, 0.1) is 22.6 Å². The molecule has 1 fully saturated rings. The summed E-state index contributed by atoms with van der Waals surface area (Å²) < 4.78 is 35.7. The standard InChI is InChI=1S/C22H25N3O4S2/c1-15-11-12-18(29-3)19-20(15)30-22(24(19)2)23-21(26)16-8-7-13-25(14-16)31(27,28)17-9-5-4-6-10-17/h4-6,9-12,16H,7-8,13-14H2,1-3H3. The maximum Gasteiger partial charge on any atom is 0.252 e. The summed E-state index contributed by atoms with van der Waals surface area (Å²) in [5, 5.41) is 0. The summed E-state index contributed by atoms with van der Waals surface area (Å²) in [6.45, 7) is 2.57. The SMILES string of the molecule is COc1ccc(C)c2sc(=NC(=O)C3CCCN(S(=O)(=O)c4ccccc4)C3)n(C)c12. The molecule has 7 nitrogen and oxygen atoms in total. The van der Waals surface area contributed by atoms with E-state index >= 15 is 0 Å². The molecule has 1 aliphatic rings. The van der Waals surface area contributed by atoms with Crippen molar-refractivity contribution in [1.29, 1.82) is 0 Å².